The molecule has 0 unspecified atom stereocenters. The third-order valence-corrected chi connectivity index (χ3v) is 6.41. The number of amides is 1. The Morgan fingerprint density at radius 3 is 1.84 bits per heavy atom. The summed E-state index contributed by atoms with van der Waals surface area (Å²) < 4.78 is 10.5. The number of carbonyl (C=O) groups excluding carboxylic acids is 2. The van der Waals surface area contributed by atoms with E-state index >= 15 is 0 Å². The van der Waals surface area contributed by atoms with Crippen molar-refractivity contribution in [2.75, 3.05) is 18.5 Å². The summed E-state index contributed by atoms with van der Waals surface area (Å²) in [5.74, 6) is -1.77. The smallest absolute Gasteiger partial charge is 0.412 e. The number of hydrogen-bond donors (Lipinski definition) is 2. The predicted molar refractivity (Wildman–Crippen MR) is 128 cm³/mol. The van der Waals surface area contributed by atoms with Crippen LogP contribution in [0.5, 0.6) is 0 Å². The lowest BCUT2D eigenvalue weighted by atomic mass is 10.1. The fourth-order valence-electron chi connectivity index (χ4n) is 3.34. The highest BCUT2D eigenvalue weighted by Gasteiger charge is 2.26. The molecule has 8 heteroatoms. The van der Waals surface area contributed by atoms with Crippen LogP contribution in [-0.4, -0.2) is 36.4 Å². The summed E-state index contributed by atoms with van der Waals surface area (Å²) in [4.78, 5) is 36.4. The first-order chi connectivity index (χ1) is 15.4. The predicted octanol–water partition coefficient (Wildman–Crippen LogP) is 7.18. The van der Waals surface area contributed by atoms with E-state index in [-0.39, 0.29) is 22.0 Å². The second kappa shape index (κ2) is 16.5. The summed E-state index contributed by atoms with van der Waals surface area (Å²) in [5, 5.41) is 12.1. The Kier molecular flexibility index (Phi) is 14.4. The van der Waals surface area contributed by atoms with E-state index in [9.17, 15) is 19.5 Å². The van der Waals surface area contributed by atoms with Crippen LogP contribution in [0.3, 0.4) is 0 Å². The SMILES string of the molecule is CCCCCCCCOC(=O)Nc1sc(C(=O)OCCCCCCCC)c(C)c1C(=O)O. The lowest BCUT2D eigenvalue weighted by Crippen LogP contribution is -2.15. The molecule has 0 aliphatic carbocycles. The van der Waals surface area contributed by atoms with E-state index in [0.717, 1.165) is 49.9 Å². The lowest BCUT2D eigenvalue weighted by molar-refractivity contribution is 0.0502. The largest absolute Gasteiger partial charge is 0.478 e. The number of hydrogen-bond acceptors (Lipinski definition) is 6. The molecule has 0 atom stereocenters. The van der Waals surface area contributed by atoms with E-state index < -0.39 is 18.0 Å². The molecule has 1 heterocycles. The number of anilines is 1. The minimum Gasteiger partial charge on any atom is -0.478 e. The van der Waals surface area contributed by atoms with Gasteiger partial charge in [-0.15, -0.1) is 11.3 Å². The van der Waals surface area contributed by atoms with Crippen molar-refractivity contribution < 1.29 is 29.0 Å². The zero-order chi connectivity index (χ0) is 23.8. The van der Waals surface area contributed by atoms with Crippen LogP contribution >= 0.6 is 11.3 Å². The number of thiophene rings is 1. The van der Waals surface area contributed by atoms with Gasteiger partial charge in [0.2, 0.25) is 0 Å². The Morgan fingerprint density at radius 1 is 0.812 bits per heavy atom. The van der Waals surface area contributed by atoms with Gasteiger partial charge in [-0.05, 0) is 25.3 Å². The number of nitrogens with one attached hydrogen (secondary N) is 1. The molecule has 1 aromatic heterocycles. The van der Waals surface area contributed by atoms with E-state index in [4.69, 9.17) is 9.47 Å². The van der Waals surface area contributed by atoms with Crippen LogP contribution in [0, 0.1) is 6.92 Å². The second-order valence-electron chi connectivity index (χ2n) is 8.00. The van der Waals surface area contributed by atoms with Gasteiger partial charge in [0.15, 0.2) is 0 Å². The van der Waals surface area contributed by atoms with Crippen LogP contribution < -0.4 is 5.32 Å². The number of carboxylic acid groups (broad SMARTS) is 1. The Hall–Kier alpha value is -2.09. The molecule has 0 saturated heterocycles. The Morgan fingerprint density at radius 2 is 1.31 bits per heavy atom. The van der Waals surface area contributed by atoms with Gasteiger partial charge in [-0.25, -0.2) is 14.4 Å². The fourth-order valence-corrected chi connectivity index (χ4v) is 4.42. The minimum atomic E-state index is -1.21. The average Bonchev–Trinajstić information content (AvgIpc) is 3.08. The Labute approximate surface area is 195 Å². The fraction of sp³-hybridized carbons (Fsp3) is 0.708. The molecule has 0 fully saturated rings. The van der Waals surface area contributed by atoms with Gasteiger partial charge in [0.1, 0.15) is 9.88 Å². The first-order valence-electron chi connectivity index (χ1n) is 11.9. The number of ether oxygens (including phenoxy) is 2. The molecule has 1 aromatic rings. The van der Waals surface area contributed by atoms with Crippen molar-refractivity contribution in [3.05, 3.63) is 16.0 Å². The van der Waals surface area contributed by atoms with Gasteiger partial charge in [-0.1, -0.05) is 78.1 Å². The number of carbonyl (C=O) groups is 3. The molecule has 0 radical (unpaired) electrons. The average molecular weight is 470 g/mol. The molecule has 0 aromatic carbocycles. The van der Waals surface area contributed by atoms with E-state index in [2.05, 4.69) is 19.2 Å². The summed E-state index contributed by atoms with van der Waals surface area (Å²) in [6.07, 6.45) is 12.2. The van der Waals surface area contributed by atoms with Crippen LogP contribution in [0.1, 0.15) is 116 Å². The molecule has 0 saturated carbocycles. The summed E-state index contributed by atoms with van der Waals surface area (Å²) in [7, 11) is 0. The van der Waals surface area contributed by atoms with Gasteiger partial charge in [0.25, 0.3) is 0 Å². The zero-order valence-electron chi connectivity index (χ0n) is 19.8. The number of unbranched alkanes of at least 4 members (excludes halogenated alkanes) is 10. The summed E-state index contributed by atoms with van der Waals surface area (Å²) in [5.41, 5.74) is 0.194. The number of carboxylic acids is 1. The highest BCUT2D eigenvalue weighted by Crippen LogP contribution is 2.34. The maximum Gasteiger partial charge on any atom is 0.412 e. The number of aromatic carboxylic acids is 1. The molecular weight excluding hydrogens is 430 g/mol. The van der Waals surface area contributed by atoms with E-state index in [0.29, 0.717) is 12.2 Å². The zero-order valence-corrected chi connectivity index (χ0v) is 20.6. The van der Waals surface area contributed by atoms with Crippen molar-refractivity contribution in [2.24, 2.45) is 0 Å². The molecule has 0 aliphatic rings. The van der Waals surface area contributed by atoms with Crippen molar-refractivity contribution in [1.82, 2.24) is 0 Å². The summed E-state index contributed by atoms with van der Waals surface area (Å²) in [6, 6.07) is 0. The Balaban J connectivity index is 2.54. The quantitative estimate of drug-likeness (QED) is 0.185. The van der Waals surface area contributed by atoms with Crippen molar-refractivity contribution in [3.63, 3.8) is 0 Å². The first kappa shape index (κ1) is 27.9. The topological polar surface area (TPSA) is 102 Å². The van der Waals surface area contributed by atoms with Gasteiger partial charge < -0.3 is 14.6 Å². The first-order valence-corrected chi connectivity index (χ1v) is 12.7. The van der Waals surface area contributed by atoms with Crippen LogP contribution in [0.2, 0.25) is 0 Å². The molecule has 1 amide bonds. The third-order valence-electron chi connectivity index (χ3n) is 5.22. The van der Waals surface area contributed by atoms with Crippen LogP contribution in [0.4, 0.5) is 9.80 Å². The minimum absolute atomic E-state index is 0.0921. The Bertz CT molecular complexity index is 716. The van der Waals surface area contributed by atoms with E-state index in [1.54, 1.807) is 6.92 Å². The van der Waals surface area contributed by atoms with Gasteiger partial charge >= 0.3 is 18.0 Å². The maximum absolute atomic E-state index is 12.4. The van der Waals surface area contributed by atoms with E-state index in [1.807, 2.05) is 0 Å². The number of rotatable bonds is 17. The standard InChI is InChI=1S/C24H39NO6S/c1-4-6-8-10-12-14-16-30-23(28)20-18(3)19(22(26)27)21(32-20)25-24(29)31-17-15-13-11-9-7-5-2/h4-17H2,1-3H3,(H,25,29)(H,26,27). The highest BCUT2D eigenvalue weighted by molar-refractivity contribution is 7.18. The van der Waals surface area contributed by atoms with Gasteiger partial charge in [0.05, 0.1) is 18.8 Å². The van der Waals surface area contributed by atoms with Crippen LogP contribution in [0.25, 0.3) is 0 Å². The van der Waals surface area contributed by atoms with Crippen LogP contribution in [0.15, 0.2) is 0 Å². The second-order valence-corrected chi connectivity index (χ2v) is 9.02. The molecule has 32 heavy (non-hydrogen) atoms. The van der Waals surface area contributed by atoms with Gasteiger partial charge in [-0.2, -0.15) is 0 Å². The lowest BCUT2D eigenvalue weighted by Gasteiger charge is -2.06. The normalized spacial score (nSPS) is 10.7. The van der Waals surface area contributed by atoms with Crippen LogP contribution in [-0.2, 0) is 9.47 Å². The molecule has 1 rings (SSSR count). The maximum atomic E-state index is 12.4. The highest BCUT2D eigenvalue weighted by atomic mass is 32.1. The molecule has 7 nitrogen and oxygen atoms in total. The molecule has 0 aliphatic heterocycles. The summed E-state index contributed by atoms with van der Waals surface area (Å²) >= 11 is 0.911. The number of esters is 1. The summed E-state index contributed by atoms with van der Waals surface area (Å²) in [6.45, 7) is 6.44. The third kappa shape index (κ3) is 10.5. The molecule has 0 bridgehead atoms. The van der Waals surface area contributed by atoms with Gasteiger partial charge in [0, 0.05) is 0 Å². The molecular formula is C24H39NO6S. The van der Waals surface area contributed by atoms with Crippen molar-refractivity contribution >= 4 is 34.4 Å². The van der Waals surface area contributed by atoms with E-state index in [1.165, 1.54) is 38.5 Å². The monoisotopic (exact) mass is 469 g/mol. The van der Waals surface area contributed by atoms with Crippen molar-refractivity contribution in [2.45, 2.75) is 97.8 Å². The van der Waals surface area contributed by atoms with Crippen molar-refractivity contribution in [3.8, 4) is 0 Å². The van der Waals surface area contributed by atoms with Gasteiger partial charge in [-0.3, -0.25) is 5.32 Å². The molecule has 2 N–H and O–H groups in total. The van der Waals surface area contributed by atoms with Crippen molar-refractivity contribution in [1.29, 1.82) is 0 Å². The molecule has 0 spiro atoms. The molecule has 182 valence electrons.